The summed E-state index contributed by atoms with van der Waals surface area (Å²) in [5.74, 6) is 0.389. The zero-order valence-electron chi connectivity index (χ0n) is 7.52. The molecule has 0 aliphatic rings. The third-order valence-electron chi connectivity index (χ3n) is 1.83. The van der Waals surface area contributed by atoms with Gasteiger partial charge in [-0.15, -0.1) is 0 Å². The zero-order chi connectivity index (χ0) is 9.68. The Morgan fingerprint density at radius 1 is 1.46 bits per heavy atom. The van der Waals surface area contributed by atoms with E-state index in [0.29, 0.717) is 5.75 Å². The van der Waals surface area contributed by atoms with Gasteiger partial charge in [0, 0.05) is 11.4 Å². The summed E-state index contributed by atoms with van der Waals surface area (Å²) >= 11 is 3.35. The van der Waals surface area contributed by atoms with Crippen molar-refractivity contribution in [2.45, 2.75) is 12.8 Å². The highest BCUT2D eigenvalue weighted by Gasteiger charge is 2.03. The van der Waals surface area contributed by atoms with Crippen LogP contribution in [-0.2, 0) is 6.42 Å². The fourth-order valence-electron chi connectivity index (χ4n) is 1.18. The Balaban J connectivity index is 2.79. The van der Waals surface area contributed by atoms with Crippen LogP contribution in [-0.4, -0.2) is 12.4 Å². The van der Waals surface area contributed by atoms with E-state index < -0.39 is 0 Å². The minimum Gasteiger partial charge on any atom is -0.496 e. The number of ether oxygens (including phenoxy) is 1. The molecule has 1 nitrogen and oxygen atoms in total. The minimum atomic E-state index is -0.251. The van der Waals surface area contributed by atoms with Gasteiger partial charge < -0.3 is 4.74 Å². The summed E-state index contributed by atoms with van der Waals surface area (Å²) in [6, 6.07) is 4.66. The van der Waals surface area contributed by atoms with Crippen molar-refractivity contribution in [2.24, 2.45) is 0 Å². The average molecular weight is 247 g/mol. The topological polar surface area (TPSA) is 9.23 Å². The molecule has 13 heavy (non-hydrogen) atoms. The minimum absolute atomic E-state index is 0.251. The number of aryl methyl sites for hydroxylation is 1. The molecule has 0 amide bonds. The molecule has 0 fully saturated rings. The Bertz CT molecular complexity index is 276. The standard InChI is InChI=1S/C10H12BrFO/c1-13-10-7-9(12)5-4-8(10)3-2-6-11/h4-5,7H,2-3,6H2,1H3. The zero-order valence-corrected chi connectivity index (χ0v) is 9.10. The van der Waals surface area contributed by atoms with Crippen LogP contribution in [0.1, 0.15) is 12.0 Å². The predicted octanol–water partition coefficient (Wildman–Crippen LogP) is 3.16. The van der Waals surface area contributed by atoms with Crippen LogP contribution in [0, 0.1) is 5.82 Å². The van der Waals surface area contributed by atoms with Crippen molar-refractivity contribution in [1.29, 1.82) is 0 Å². The first-order chi connectivity index (χ1) is 6.27. The van der Waals surface area contributed by atoms with Crippen molar-refractivity contribution in [3.05, 3.63) is 29.6 Å². The number of alkyl halides is 1. The van der Waals surface area contributed by atoms with Crippen LogP contribution in [0.4, 0.5) is 4.39 Å². The summed E-state index contributed by atoms with van der Waals surface area (Å²) in [6.45, 7) is 0. The van der Waals surface area contributed by atoms with Gasteiger partial charge in [0.25, 0.3) is 0 Å². The van der Waals surface area contributed by atoms with Gasteiger partial charge in [-0.25, -0.2) is 4.39 Å². The quantitative estimate of drug-likeness (QED) is 0.742. The van der Waals surface area contributed by atoms with E-state index in [1.165, 1.54) is 12.1 Å². The third-order valence-corrected chi connectivity index (χ3v) is 2.39. The SMILES string of the molecule is COc1cc(F)ccc1CCCBr. The molecule has 0 aliphatic carbocycles. The van der Waals surface area contributed by atoms with Gasteiger partial charge in [-0.05, 0) is 24.5 Å². The largest absolute Gasteiger partial charge is 0.496 e. The summed E-state index contributed by atoms with van der Waals surface area (Å²) in [5.41, 5.74) is 1.06. The molecule has 0 saturated heterocycles. The number of benzene rings is 1. The molecular weight excluding hydrogens is 235 g/mol. The lowest BCUT2D eigenvalue weighted by Crippen LogP contribution is -1.93. The molecule has 0 radical (unpaired) electrons. The van der Waals surface area contributed by atoms with Crippen molar-refractivity contribution in [3.63, 3.8) is 0 Å². The van der Waals surface area contributed by atoms with Crippen LogP contribution in [0.25, 0.3) is 0 Å². The van der Waals surface area contributed by atoms with Gasteiger partial charge in [0.1, 0.15) is 11.6 Å². The molecular formula is C10H12BrFO. The van der Waals surface area contributed by atoms with E-state index in [4.69, 9.17) is 4.74 Å². The highest BCUT2D eigenvalue weighted by Crippen LogP contribution is 2.20. The van der Waals surface area contributed by atoms with Gasteiger partial charge in [0.05, 0.1) is 7.11 Å². The number of methoxy groups -OCH3 is 1. The number of rotatable bonds is 4. The summed E-state index contributed by atoms with van der Waals surface area (Å²) in [6.07, 6.45) is 1.94. The Morgan fingerprint density at radius 2 is 2.23 bits per heavy atom. The van der Waals surface area contributed by atoms with Gasteiger partial charge >= 0.3 is 0 Å². The molecule has 0 N–H and O–H groups in total. The number of halogens is 2. The normalized spacial score (nSPS) is 10.1. The second kappa shape index (κ2) is 5.22. The molecule has 72 valence electrons. The molecule has 1 aromatic carbocycles. The van der Waals surface area contributed by atoms with Crippen molar-refractivity contribution < 1.29 is 9.13 Å². The third kappa shape index (κ3) is 2.99. The molecule has 1 aromatic rings. The summed E-state index contributed by atoms with van der Waals surface area (Å²) < 4.78 is 17.8. The van der Waals surface area contributed by atoms with Crippen molar-refractivity contribution in [1.82, 2.24) is 0 Å². The maximum absolute atomic E-state index is 12.8. The highest BCUT2D eigenvalue weighted by atomic mass is 79.9. The first-order valence-corrected chi connectivity index (χ1v) is 5.28. The second-order valence-electron chi connectivity index (χ2n) is 2.75. The Hall–Kier alpha value is -0.570. The molecule has 0 aliphatic heterocycles. The van der Waals surface area contributed by atoms with E-state index in [1.54, 1.807) is 13.2 Å². The van der Waals surface area contributed by atoms with E-state index >= 15 is 0 Å². The van der Waals surface area contributed by atoms with E-state index in [1.807, 2.05) is 0 Å². The van der Waals surface area contributed by atoms with E-state index in [-0.39, 0.29) is 5.82 Å². The lowest BCUT2D eigenvalue weighted by atomic mass is 10.1. The van der Waals surface area contributed by atoms with Gasteiger partial charge in [-0.3, -0.25) is 0 Å². The maximum atomic E-state index is 12.8. The van der Waals surface area contributed by atoms with Gasteiger partial charge in [0.15, 0.2) is 0 Å². The van der Waals surface area contributed by atoms with Crippen LogP contribution >= 0.6 is 15.9 Å². The van der Waals surface area contributed by atoms with E-state index in [9.17, 15) is 4.39 Å². The van der Waals surface area contributed by atoms with E-state index in [0.717, 1.165) is 23.7 Å². The molecule has 0 heterocycles. The first-order valence-electron chi connectivity index (χ1n) is 4.16. The summed E-state index contributed by atoms with van der Waals surface area (Å²) in [5, 5.41) is 0.952. The van der Waals surface area contributed by atoms with Crippen molar-refractivity contribution in [3.8, 4) is 5.75 Å². The van der Waals surface area contributed by atoms with Crippen molar-refractivity contribution >= 4 is 15.9 Å². The summed E-state index contributed by atoms with van der Waals surface area (Å²) in [4.78, 5) is 0. The molecule has 0 atom stereocenters. The smallest absolute Gasteiger partial charge is 0.126 e. The Morgan fingerprint density at radius 3 is 2.85 bits per heavy atom. The lowest BCUT2D eigenvalue weighted by Gasteiger charge is -2.07. The van der Waals surface area contributed by atoms with Crippen LogP contribution in [0.15, 0.2) is 18.2 Å². The van der Waals surface area contributed by atoms with Crippen LogP contribution in [0.2, 0.25) is 0 Å². The van der Waals surface area contributed by atoms with Crippen LogP contribution in [0.5, 0.6) is 5.75 Å². The van der Waals surface area contributed by atoms with Gasteiger partial charge in [-0.2, -0.15) is 0 Å². The number of hydrogen-bond acceptors (Lipinski definition) is 1. The van der Waals surface area contributed by atoms with Gasteiger partial charge in [0.2, 0.25) is 0 Å². The Labute approximate surface area is 86.0 Å². The number of hydrogen-bond donors (Lipinski definition) is 0. The van der Waals surface area contributed by atoms with E-state index in [2.05, 4.69) is 15.9 Å². The predicted molar refractivity (Wildman–Crippen MR) is 55.1 cm³/mol. The Kier molecular flexibility index (Phi) is 4.22. The molecule has 1 rings (SSSR count). The molecule has 0 saturated carbocycles. The lowest BCUT2D eigenvalue weighted by molar-refractivity contribution is 0.406. The molecule has 3 heteroatoms. The fraction of sp³-hybridized carbons (Fsp3) is 0.400. The fourth-order valence-corrected chi connectivity index (χ4v) is 1.46. The molecule has 0 unspecified atom stereocenters. The van der Waals surface area contributed by atoms with Gasteiger partial charge in [-0.1, -0.05) is 22.0 Å². The summed E-state index contributed by atoms with van der Waals surface area (Å²) in [7, 11) is 1.56. The molecule has 0 aromatic heterocycles. The van der Waals surface area contributed by atoms with Crippen LogP contribution in [0.3, 0.4) is 0 Å². The average Bonchev–Trinajstić information content (AvgIpc) is 2.16. The van der Waals surface area contributed by atoms with Crippen molar-refractivity contribution in [2.75, 3.05) is 12.4 Å². The highest BCUT2D eigenvalue weighted by molar-refractivity contribution is 9.09. The molecule has 0 bridgehead atoms. The monoisotopic (exact) mass is 246 g/mol. The molecule has 0 spiro atoms. The second-order valence-corrected chi connectivity index (χ2v) is 3.54. The maximum Gasteiger partial charge on any atom is 0.126 e. The first kappa shape index (κ1) is 10.5. The van der Waals surface area contributed by atoms with Crippen LogP contribution < -0.4 is 4.74 Å².